The van der Waals surface area contributed by atoms with Gasteiger partial charge in [0.15, 0.2) is 0 Å². The second kappa shape index (κ2) is 5.30. The van der Waals surface area contributed by atoms with Crippen molar-refractivity contribution in [1.82, 2.24) is 5.16 Å². The van der Waals surface area contributed by atoms with Gasteiger partial charge in [-0.25, -0.2) is 4.79 Å². The zero-order valence-electron chi connectivity index (χ0n) is 10.5. The molecule has 7 nitrogen and oxygen atoms in total. The number of esters is 1. The Kier molecular flexibility index (Phi) is 3.71. The van der Waals surface area contributed by atoms with Crippen LogP contribution in [0.4, 0.5) is 5.69 Å². The first-order valence-corrected chi connectivity index (χ1v) is 5.82. The number of aromatic nitrogens is 1. The Morgan fingerprint density at radius 3 is 2.80 bits per heavy atom. The van der Waals surface area contributed by atoms with Gasteiger partial charge in [0.25, 0.3) is 5.69 Å². The maximum atomic E-state index is 11.7. The lowest BCUT2D eigenvalue weighted by Crippen LogP contribution is -2.04. The average molecular weight is 297 g/mol. The molecule has 2 rings (SSSR count). The van der Waals surface area contributed by atoms with Gasteiger partial charge >= 0.3 is 5.97 Å². The molecule has 0 atom stereocenters. The van der Waals surface area contributed by atoms with E-state index in [1.54, 1.807) is 0 Å². The number of hydrogen-bond donors (Lipinski definition) is 0. The van der Waals surface area contributed by atoms with Crippen LogP contribution in [0.15, 0.2) is 22.7 Å². The van der Waals surface area contributed by atoms with Gasteiger partial charge in [-0.3, -0.25) is 10.1 Å². The first-order chi connectivity index (χ1) is 9.45. The molecule has 1 heterocycles. The zero-order valence-corrected chi connectivity index (χ0v) is 11.3. The first-order valence-electron chi connectivity index (χ1n) is 5.44. The molecule has 2 aromatic rings. The summed E-state index contributed by atoms with van der Waals surface area (Å²) in [5.74, 6) is -0.478. The van der Waals surface area contributed by atoms with Gasteiger partial charge in [-0.05, 0) is 19.1 Å². The highest BCUT2D eigenvalue weighted by atomic mass is 35.5. The fraction of sp³-hybridized carbons (Fsp3) is 0.167. The quantitative estimate of drug-likeness (QED) is 0.491. The van der Waals surface area contributed by atoms with Crippen LogP contribution in [0, 0.1) is 17.0 Å². The van der Waals surface area contributed by atoms with E-state index in [0.717, 1.165) is 0 Å². The lowest BCUT2D eigenvalue weighted by molar-refractivity contribution is -0.384. The number of methoxy groups -OCH3 is 1. The van der Waals surface area contributed by atoms with Crippen LogP contribution in [-0.2, 0) is 4.74 Å². The number of nitrogens with zero attached hydrogens (tertiary/aromatic N) is 2. The molecular weight excluding hydrogens is 288 g/mol. The van der Waals surface area contributed by atoms with Gasteiger partial charge < -0.3 is 9.26 Å². The summed E-state index contributed by atoms with van der Waals surface area (Å²) in [4.78, 5) is 22.2. The maximum Gasteiger partial charge on any atom is 0.343 e. The van der Waals surface area contributed by atoms with E-state index >= 15 is 0 Å². The minimum atomic E-state index is -0.687. The predicted molar refractivity (Wildman–Crippen MR) is 69.7 cm³/mol. The number of halogens is 1. The van der Waals surface area contributed by atoms with E-state index < -0.39 is 10.9 Å². The van der Waals surface area contributed by atoms with Crippen molar-refractivity contribution in [2.75, 3.05) is 7.11 Å². The molecule has 0 aliphatic rings. The van der Waals surface area contributed by atoms with Gasteiger partial charge in [0.2, 0.25) is 0 Å². The topological polar surface area (TPSA) is 95.5 Å². The number of nitro benzene ring substituents is 1. The van der Waals surface area contributed by atoms with Gasteiger partial charge in [-0.1, -0.05) is 16.8 Å². The molecule has 0 amide bonds. The van der Waals surface area contributed by atoms with Gasteiger partial charge in [0.1, 0.15) is 17.0 Å². The van der Waals surface area contributed by atoms with E-state index in [1.807, 2.05) is 0 Å². The molecule has 0 spiro atoms. The minimum absolute atomic E-state index is 0.0311. The van der Waals surface area contributed by atoms with Crippen molar-refractivity contribution in [2.24, 2.45) is 0 Å². The highest BCUT2D eigenvalue weighted by molar-refractivity contribution is 6.31. The number of aryl methyl sites for hydroxylation is 1. The fourth-order valence-corrected chi connectivity index (χ4v) is 1.93. The number of hydrogen-bond acceptors (Lipinski definition) is 6. The van der Waals surface area contributed by atoms with E-state index in [2.05, 4.69) is 9.89 Å². The van der Waals surface area contributed by atoms with Gasteiger partial charge in [0, 0.05) is 11.1 Å². The highest BCUT2D eigenvalue weighted by Crippen LogP contribution is 2.34. The third-order valence-electron chi connectivity index (χ3n) is 2.66. The van der Waals surface area contributed by atoms with Crippen LogP contribution in [0.2, 0.25) is 5.02 Å². The van der Waals surface area contributed by atoms with Crippen molar-refractivity contribution in [3.05, 3.63) is 44.7 Å². The average Bonchev–Trinajstić information content (AvgIpc) is 2.79. The summed E-state index contributed by atoms with van der Waals surface area (Å²) in [6, 6.07) is 3.97. The fourth-order valence-electron chi connectivity index (χ4n) is 1.76. The standard InChI is InChI=1S/C12H9ClN2O5/c1-6-10(12(16)19-2)11(14-20-6)8-5-7(13)3-4-9(8)15(17)18/h3-5H,1-2H3. The lowest BCUT2D eigenvalue weighted by atomic mass is 10.0. The van der Waals surface area contributed by atoms with E-state index in [1.165, 1.54) is 32.2 Å². The Bertz CT molecular complexity index is 695. The Hall–Kier alpha value is -2.41. The summed E-state index contributed by atoms with van der Waals surface area (Å²) in [5, 5.41) is 15.0. The SMILES string of the molecule is COC(=O)c1c(-c2cc(Cl)ccc2[N+](=O)[O-])noc1C. The number of benzene rings is 1. The van der Waals surface area contributed by atoms with Crippen LogP contribution in [-0.4, -0.2) is 23.2 Å². The molecule has 0 saturated heterocycles. The Morgan fingerprint density at radius 1 is 1.50 bits per heavy atom. The van der Waals surface area contributed by atoms with Crippen LogP contribution in [0.25, 0.3) is 11.3 Å². The summed E-state index contributed by atoms with van der Waals surface area (Å²) < 4.78 is 9.56. The molecule has 104 valence electrons. The molecule has 1 aromatic heterocycles. The molecule has 0 aliphatic carbocycles. The van der Waals surface area contributed by atoms with E-state index in [4.69, 9.17) is 16.1 Å². The Labute approximate surface area is 118 Å². The van der Waals surface area contributed by atoms with Crippen LogP contribution < -0.4 is 0 Å². The number of nitro groups is 1. The molecule has 0 radical (unpaired) electrons. The smallest absolute Gasteiger partial charge is 0.343 e. The van der Waals surface area contributed by atoms with Crippen LogP contribution >= 0.6 is 11.6 Å². The molecule has 20 heavy (non-hydrogen) atoms. The molecule has 0 bridgehead atoms. The Morgan fingerprint density at radius 2 is 2.20 bits per heavy atom. The number of carbonyl (C=O) groups excluding carboxylic acids is 1. The van der Waals surface area contributed by atoms with E-state index in [0.29, 0.717) is 0 Å². The zero-order chi connectivity index (χ0) is 14.9. The van der Waals surface area contributed by atoms with Crippen LogP contribution in [0.3, 0.4) is 0 Å². The molecule has 1 aromatic carbocycles. The van der Waals surface area contributed by atoms with Crippen molar-refractivity contribution < 1.29 is 19.0 Å². The van der Waals surface area contributed by atoms with Gasteiger partial charge in [-0.15, -0.1) is 0 Å². The number of carbonyl (C=O) groups is 1. The maximum absolute atomic E-state index is 11.7. The minimum Gasteiger partial charge on any atom is -0.465 e. The van der Waals surface area contributed by atoms with Crippen molar-refractivity contribution in [3.8, 4) is 11.3 Å². The molecule has 0 aliphatic heterocycles. The molecule has 0 fully saturated rings. The molecular formula is C12H9ClN2O5. The molecule has 8 heteroatoms. The van der Waals surface area contributed by atoms with Crippen molar-refractivity contribution in [2.45, 2.75) is 6.92 Å². The van der Waals surface area contributed by atoms with E-state index in [9.17, 15) is 14.9 Å². The lowest BCUT2D eigenvalue weighted by Gasteiger charge is -2.03. The molecule has 0 unspecified atom stereocenters. The third-order valence-corrected chi connectivity index (χ3v) is 2.90. The number of rotatable bonds is 3. The summed E-state index contributed by atoms with van der Waals surface area (Å²) >= 11 is 5.85. The molecule has 0 N–H and O–H groups in total. The monoisotopic (exact) mass is 296 g/mol. The Balaban J connectivity index is 2.72. The predicted octanol–water partition coefficient (Wildman–Crippen LogP) is 3.00. The van der Waals surface area contributed by atoms with Crippen molar-refractivity contribution in [3.63, 3.8) is 0 Å². The van der Waals surface area contributed by atoms with Crippen LogP contribution in [0.5, 0.6) is 0 Å². The normalized spacial score (nSPS) is 10.3. The van der Waals surface area contributed by atoms with Crippen molar-refractivity contribution in [1.29, 1.82) is 0 Å². The third kappa shape index (κ3) is 2.35. The first kappa shape index (κ1) is 14.0. The second-order valence-corrected chi connectivity index (χ2v) is 4.31. The number of ether oxygens (including phenoxy) is 1. The van der Waals surface area contributed by atoms with E-state index in [-0.39, 0.29) is 33.3 Å². The van der Waals surface area contributed by atoms with Crippen molar-refractivity contribution >= 4 is 23.3 Å². The largest absolute Gasteiger partial charge is 0.465 e. The summed E-state index contributed by atoms with van der Waals surface area (Å²) in [7, 11) is 1.20. The molecule has 0 saturated carbocycles. The summed E-state index contributed by atoms with van der Waals surface area (Å²) in [6.07, 6.45) is 0. The summed E-state index contributed by atoms with van der Waals surface area (Å²) in [5.41, 5.74) is -0.0611. The van der Waals surface area contributed by atoms with Gasteiger partial charge in [-0.2, -0.15) is 0 Å². The van der Waals surface area contributed by atoms with Gasteiger partial charge in [0.05, 0.1) is 17.6 Å². The summed E-state index contributed by atoms with van der Waals surface area (Å²) in [6.45, 7) is 1.51. The van der Waals surface area contributed by atoms with Crippen LogP contribution in [0.1, 0.15) is 16.1 Å². The second-order valence-electron chi connectivity index (χ2n) is 3.87. The highest BCUT2D eigenvalue weighted by Gasteiger charge is 2.27.